The van der Waals surface area contributed by atoms with Crippen LogP contribution in [0.2, 0.25) is 0 Å². The molecule has 0 spiro atoms. The molecule has 2 aromatic heterocycles. The normalized spacial score (nSPS) is 23.6. The highest BCUT2D eigenvalue weighted by molar-refractivity contribution is 5.60. The molecular formula is C29H41N9O. The molecule has 0 saturated carbocycles. The van der Waals surface area contributed by atoms with Gasteiger partial charge in [0.1, 0.15) is 5.49 Å². The third kappa shape index (κ3) is 6.52. The summed E-state index contributed by atoms with van der Waals surface area (Å²) in [5, 5.41) is 26.1. The minimum atomic E-state index is -0.943. The molecule has 0 radical (unpaired) electrons. The van der Waals surface area contributed by atoms with Crippen molar-refractivity contribution in [2.24, 2.45) is 4.99 Å². The number of aromatic nitrogens is 3. The fourth-order valence-electron chi connectivity index (χ4n) is 6.01. The lowest BCUT2D eigenvalue weighted by Gasteiger charge is -2.32. The van der Waals surface area contributed by atoms with Crippen molar-refractivity contribution >= 4 is 17.8 Å². The smallest absolute Gasteiger partial charge is 0.231 e. The fourth-order valence-corrected chi connectivity index (χ4v) is 6.01. The van der Waals surface area contributed by atoms with Crippen LogP contribution in [0.4, 0.5) is 11.6 Å². The van der Waals surface area contributed by atoms with Crippen LogP contribution >= 0.6 is 0 Å². The van der Waals surface area contributed by atoms with Crippen LogP contribution < -0.4 is 36.9 Å². The third-order valence-corrected chi connectivity index (χ3v) is 8.18. The second-order valence-electron chi connectivity index (χ2n) is 10.9. The standard InChI is InChI=1S/C29H41N9O/c39-29-37-27-21(18-24(36-27)11-14-31-22-8-12-30-13-9-22)19-38(29)25-6-4-20(5-7-25)26-3-1-2-23(35-26)10-15-32-28-33-16-17-34-28/h4-7,16-19,22-23,26,29-31,35,39H,1-3,8-15H2,(H,36,37)(H2,32,33,34)/t23-,26-,29?/m0/s1. The number of hydrogen-bond acceptors (Lipinski definition) is 8. The van der Waals surface area contributed by atoms with Gasteiger partial charge in [-0.2, -0.15) is 0 Å². The second kappa shape index (κ2) is 12.3. The predicted molar refractivity (Wildman–Crippen MR) is 154 cm³/mol. The van der Waals surface area contributed by atoms with Crippen LogP contribution in [0.3, 0.4) is 0 Å². The Morgan fingerprint density at radius 2 is 1.92 bits per heavy atom. The second-order valence-corrected chi connectivity index (χ2v) is 10.9. The molecule has 7 N–H and O–H groups in total. The molecule has 6 rings (SSSR count). The Balaban J connectivity index is 1.05. The number of nitrogens with zero attached hydrogens (tertiary/aromatic N) is 3. The van der Waals surface area contributed by atoms with Gasteiger partial charge in [-0.25, -0.2) is 9.98 Å². The highest BCUT2D eigenvalue weighted by Crippen LogP contribution is 2.29. The van der Waals surface area contributed by atoms with Crippen LogP contribution in [0.5, 0.6) is 0 Å². The summed E-state index contributed by atoms with van der Waals surface area (Å²) < 4.78 is 0. The lowest BCUT2D eigenvalue weighted by atomic mass is 9.92. The Morgan fingerprint density at radius 3 is 2.74 bits per heavy atom. The van der Waals surface area contributed by atoms with Gasteiger partial charge in [0.15, 0.2) is 5.95 Å². The number of anilines is 2. The number of hydrogen-bond donors (Lipinski definition) is 7. The minimum absolute atomic E-state index is 0.346. The van der Waals surface area contributed by atoms with Crippen molar-refractivity contribution in [1.29, 1.82) is 0 Å². The molecule has 3 aliphatic rings. The summed E-state index contributed by atoms with van der Waals surface area (Å²) in [6.45, 7) is 4.02. The molecule has 0 bridgehead atoms. The van der Waals surface area contributed by atoms with Crippen LogP contribution in [0.15, 0.2) is 47.7 Å². The molecule has 10 nitrogen and oxygen atoms in total. The van der Waals surface area contributed by atoms with Gasteiger partial charge in [0.05, 0.1) is 0 Å². The molecule has 3 atom stereocenters. The maximum absolute atomic E-state index is 10.8. The molecule has 3 aromatic rings. The van der Waals surface area contributed by atoms with Crippen molar-refractivity contribution in [3.63, 3.8) is 0 Å². The maximum Gasteiger partial charge on any atom is 0.231 e. The van der Waals surface area contributed by atoms with E-state index in [2.05, 4.69) is 71.5 Å². The van der Waals surface area contributed by atoms with Gasteiger partial charge in [0, 0.05) is 72.8 Å². The van der Waals surface area contributed by atoms with Gasteiger partial charge in [0.25, 0.3) is 0 Å². The number of piperidine rings is 2. The molecule has 1 aromatic carbocycles. The van der Waals surface area contributed by atoms with E-state index >= 15 is 0 Å². The van der Waals surface area contributed by atoms with Crippen molar-refractivity contribution in [3.8, 4) is 0 Å². The van der Waals surface area contributed by atoms with E-state index in [1.165, 1.54) is 31.2 Å². The molecule has 208 valence electrons. The van der Waals surface area contributed by atoms with Crippen molar-refractivity contribution in [2.75, 3.05) is 36.4 Å². The number of aliphatic hydroxyl groups is 1. The van der Waals surface area contributed by atoms with E-state index in [1.54, 1.807) is 6.20 Å². The first kappa shape index (κ1) is 26.1. The summed E-state index contributed by atoms with van der Waals surface area (Å²) in [5.41, 5.74) is 4.12. The maximum atomic E-state index is 10.8. The zero-order valence-electron chi connectivity index (χ0n) is 22.5. The summed E-state index contributed by atoms with van der Waals surface area (Å²) in [5.74, 6) is 0.828. The number of benzene rings is 1. The lowest BCUT2D eigenvalue weighted by molar-refractivity contribution is 0.186. The van der Waals surface area contributed by atoms with Gasteiger partial charge in [-0.15, -0.1) is 0 Å². The predicted octanol–water partition coefficient (Wildman–Crippen LogP) is 1.46. The zero-order chi connectivity index (χ0) is 26.4. The van der Waals surface area contributed by atoms with Gasteiger partial charge in [-0.05, 0) is 69.0 Å². The van der Waals surface area contributed by atoms with E-state index in [9.17, 15) is 5.11 Å². The molecule has 1 unspecified atom stereocenters. The van der Waals surface area contributed by atoms with Gasteiger partial charge >= 0.3 is 0 Å². The first-order chi connectivity index (χ1) is 19.2. The third-order valence-electron chi connectivity index (χ3n) is 8.18. The number of aromatic amines is 2. The summed E-state index contributed by atoms with van der Waals surface area (Å²) in [6.07, 6.45) is 12.5. The molecule has 0 aliphatic carbocycles. The Morgan fingerprint density at radius 1 is 1.05 bits per heavy atom. The number of rotatable bonds is 10. The molecule has 39 heavy (non-hydrogen) atoms. The summed E-state index contributed by atoms with van der Waals surface area (Å²) in [4.78, 5) is 17.1. The van der Waals surface area contributed by atoms with Gasteiger partial charge < -0.3 is 41.2 Å². The summed E-state index contributed by atoms with van der Waals surface area (Å²) in [7, 11) is 0. The largest absolute Gasteiger partial charge is 0.356 e. The van der Waals surface area contributed by atoms with Crippen LogP contribution in [-0.2, 0) is 6.42 Å². The molecule has 0 amide bonds. The molecule has 10 heteroatoms. The van der Waals surface area contributed by atoms with E-state index < -0.39 is 6.35 Å². The van der Waals surface area contributed by atoms with E-state index in [0.29, 0.717) is 18.1 Å². The number of fused-ring (bicyclic) bond motifs is 1. The van der Waals surface area contributed by atoms with E-state index in [-0.39, 0.29) is 0 Å². The van der Waals surface area contributed by atoms with Crippen LogP contribution in [0.1, 0.15) is 55.8 Å². The molecule has 5 heterocycles. The van der Waals surface area contributed by atoms with Crippen LogP contribution in [0.25, 0.3) is 6.20 Å². The summed E-state index contributed by atoms with van der Waals surface area (Å²) >= 11 is 0. The molecule has 2 fully saturated rings. The van der Waals surface area contributed by atoms with Crippen molar-refractivity contribution < 1.29 is 5.11 Å². The average molecular weight is 532 g/mol. The van der Waals surface area contributed by atoms with Gasteiger partial charge in [0.2, 0.25) is 6.35 Å². The molecular weight excluding hydrogens is 490 g/mol. The Kier molecular flexibility index (Phi) is 8.24. The number of nitrogens with one attached hydrogen (secondary N) is 6. The Bertz CT molecular complexity index is 1300. The first-order valence-corrected chi connectivity index (χ1v) is 14.5. The Hall–Kier alpha value is -3.18. The van der Waals surface area contributed by atoms with E-state index in [1.807, 2.05) is 17.3 Å². The van der Waals surface area contributed by atoms with Crippen LogP contribution in [0, 0.1) is 0 Å². The number of imidazole rings is 1. The fraction of sp³-hybridized carbons (Fsp3) is 0.517. The van der Waals surface area contributed by atoms with Crippen molar-refractivity contribution in [3.05, 3.63) is 64.7 Å². The Labute approximate surface area is 229 Å². The van der Waals surface area contributed by atoms with Crippen molar-refractivity contribution in [2.45, 2.75) is 69.4 Å². The lowest BCUT2D eigenvalue weighted by Crippen LogP contribution is -2.41. The number of H-pyrrole nitrogens is 2. The summed E-state index contributed by atoms with van der Waals surface area (Å²) in [6, 6.07) is 12.1. The molecule has 2 saturated heterocycles. The number of aliphatic hydroxyl groups excluding tert-OH is 1. The minimum Gasteiger partial charge on any atom is -0.356 e. The van der Waals surface area contributed by atoms with Crippen molar-refractivity contribution in [1.82, 2.24) is 30.9 Å². The van der Waals surface area contributed by atoms with Crippen LogP contribution in [-0.4, -0.2) is 64.7 Å². The van der Waals surface area contributed by atoms with Gasteiger partial charge in [-0.1, -0.05) is 18.6 Å². The highest BCUT2D eigenvalue weighted by Gasteiger charge is 2.23. The average Bonchev–Trinajstić information content (AvgIpc) is 3.63. The SMILES string of the molecule is OC1N=c2[nH]c(CCNC3CCNCC3)cc2=CN1c1ccc([C@@H]2CCC[C@@H](CCNc3ncc[nH]3)N2)cc1. The van der Waals surface area contributed by atoms with E-state index in [0.717, 1.165) is 73.5 Å². The zero-order valence-corrected chi connectivity index (χ0v) is 22.5. The van der Waals surface area contributed by atoms with Gasteiger partial charge in [-0.3, -0.25) is 0 Å². The monoisotopic (exact) mass is 531 g/mol. The van der Waals surface area contributed by atoms with E-state index in [4.69, 9.17) is 0 Å². The quantitative estimate of drug-likeness (QED) is 0.211. The first-order valence-electron chi connectivity index (χ1n) is 14.5. The molecule has 3 aliphatic heterocycles. The topological polar surface area (TPSA) is 128 Å². The highest BCUT2D eigenvalue weighted by atomic mass is 16.3.